The van der Waals surface area contributed by atoms with Gasteiger partial charge in [-0.15, -0.1) is 10.2 Å². The average molecular weight is 328 g/mol. The third kappa shape index (κ3) is 3.29. The van der Waals surface area contributed by atoms with Crippen LogP contribution < -0.4 is 4.74 Å². The predicted molar refractivity (Wildman–Crippen MR) is 88.8 cm³/mol. The highest BCUT2D eigenvalue weighted by Crippen LogP contribution is 2.25. The molecule has 0 amide bonds. The van der Waals surface area contributed by atoms with Crippen LogP contribution in [0, 0.1) is 0 Å². The topological polar surface area (TPSA) is 72.8 Å². The minimum Gasteiger partial charge on any atom is -0.497 e. The number of Topliss-reactive ketones (excluding diaryl/α,β-unsaturated/α-hetero) is 1. The zero-order valence-corrected chi connectivity index (χ0v) is 13.6. The van der Waals surface area contributed by atoms with Crippen molar-refractivity contribution in [2.45, 2.75) is 5.16 Å². The van der Waals surface area contributed by atoms with Crippen molar-refractivity contribution < 1.29 is 9.53 Å². The van der Waals surface area contributed by atoms with Gasteiger partial charge in [0.2, 0.25) is 0 Å². The van der Waals surface area contributed by atoms with Gasteiger partial charge in [0.1, 0.15) is 5.75 Å². The summed E-state index contributed by atoms with van der Waals surface area (Å²) in [5, 5.41) is 9.09. The van der Waals surface area contributed by atoms with Gasteiger partial charge in [-0.05, 0) is 24.3 Å². The molecule has 0 fully saturated rings. The molecule has 0 radical (unpaired) electrons. The number of hydrogen-bond donors (Lipinski definition) is 1. The second kappa shape index (κ2) is 6.70. The number of hydrogen-bond acceptors (Lipinski definition) is 5. The number of ether oxygens (including phenoxy) is 1. The van der Waals surface area contributed by atoms with Crippen LogP contribution in [-0.2, 0) is 7.05 Å². The summed E-state index contributed by atoms with van der Waals surface area (Å²) in [7, 11) is 3.51. The van der Waals surface area contributed by atoms with E-state index in [4.69, 9.17) is 4.74 Å². The molecule has 7 heteroatoms. The molecule has 0 aliphatic carbocycles. The summed E-state index contributed by atoms with van der Waals surface area (Å²) in [5.41, 5.74) is 1.52. The highest BCUT2D eigenvalue weighted by atomic mass is 32.2. The summed E-state index contributed by atoms with van der Waals surface area (Å²) >= 11 is 1.37. The van der Waals surface area contributed by atoms with Crippen LogP contribution in [0.4, 0.5) is 0 Å². The monoisotopic (exact) mass is 328 g/mol. The Hall–Kier alpha value is -2.54. The van der Waals surface area contributed by atoms with Crippen molar-refractivity contribution in [3.05, 3.63) is 48.3 Å². The Morgan fingerprint density at radius 2 is 2.17 bits per heavy atom. The number of nitrogens with zero attached hydrogens (tertiary/aromatic N) is 3. The second-order valence-electron chi connectivity index (χ2n) is 4.89. The minimum atomic E-state index is 0.0333. The van der Waals surface area contributed by atoms with E-state index in [1.807, 2.05) is 35.9 Å². The molecule has 0 unspecified atom stereocenters. The number of benzene rings is 1. The molecule has 1 N–H and O–H groups in total. The largest absolute Gasteiger partial charge is 0.497 e. The van der Waals surface area contributed by atoms with Crippen LogP contribution in [-0.4, -0.2) is 38.4 Å². The molecule has 118 valence electrons. The summed E-state index contributed by atoms with van der Waals surface area (Å²) < 4.78 is 7.11. The van der Waals surface area contributed by atoms with Gasteiger partial charge in [-0.2, -0.15) is 0 Å². The van der Waals surface area contributed by atoms with E-state index >= 15 is 0 Å². The van der Waals surface area contributed by atoms with Gasteiger partial charge in [-0.25, -0.2) is 0 Å². The third-order valence-corrected chi connectivity index (χ3v) is 4.41. The quantitative estimate of drug-likeness (QED) is 0.556. The van der Waals surface area contributed by atoms with Gasteiger partial charge in [-0.1, -0.05) is 23.9 Å². The van der Waals surface area contributed by atoms with Crippen LogP contribution in [0.3, 0.4) is 0 Å². The number of H-pyrrole nitrogens is 1. The first-order chi connectivity index (χ1) is 11.2. The van der Waals surface area contributed by atoms with E-state index in [0.29, 0.717) is 16.6 Å². The molecule has 0 bridgehead atoms. The number of ketones is 1. The van der Waals surface area contributed by atoms with E-state index in [0.717, 1.165) is 17.1 Å². The highest BCUT2D eigenvalue weighted by molar-refractivity contribution is 7.99. The Kier molecular flexibility index (Phi) is 4.47. The van der Waals surface area contributed by atoms with Crippen molar-refractivity contribution in [2.24, 2.45) is 7.05 Å². The molecule has 0 atom stereocenters. The van der Waals surface area contributed by atoms with Crippen molar-refractivity contribution in [1.29, 1.82) is 0 Å². The van der Waals surface area contributed by atoms with Crippen LogP contribution in [0.25, 0.3) is 11.4 Å². The molecule has 3 rings (SSSR count). The molecule has 2 heterocycles. The smallest absolute Gasteiger partial charge is 0.191 e. The molecule has 6 nitrogen and oxygen atoms in total. The second-order valence-corrected chi connectivity index (χ2v) is 5.84. The first kappa shape index (κ1) is 15.4. The van der Waals surface area contributed by atoms with Gasteiger partial charge >= 0.3 is 0 Å². The fourth-order valence-electron chi connectivity index (χ4n) is 2.17. The van der Waals surface area contributed by atoms with Gasteiger partial charge in [-0.3, -0.25) is 4.79 Å². The summed E-state index contributed by atoms with van der Waals surface area (Å²) in [5.74, 6) is 1.84. The molecule has 0 spiro atoms. The maximum absolute atomic E-state index is 12.0. The van der Waals surface area contributed by atoms with Gasteiger partial charge in [0, 0.05) is 18.8 Å². The third-order valence-electron chi connectivity index (χ3n) is 3.39. The number of rotatable bonds is 6. The molecule has 0 aliphatic rings. The zero-order chi connectivity index (χ0) is 16.2. The number of carbonyl (C=O) groups excluding carboxylic acids is 1. The molecular weight excluding hydrogens is 312 g/mol. The number of carbonyl (C=O) groups is 1. The van der Waals surface area contributed by atoms with Crippen molar-refractivity contribution in [3.63, 3.8) is 0 Å². The lowest BCUT2D eigenvalue weighted by Crippen LogP contribution is -2.04. The summed E-state index contributed by atoms with van der Waals surface area (Å²) in [4.78, 5) is 14.9. The van der Waals surface area contributed by atoms with Crippen molar-refractivity contribution >= 4 is 17.5 Å². The average Bonchev–Trinajstić information content (AvgIpc) is 3.23. The minimum absolute atomic E-state index is 0.0333. The van der Waals surface area contributed by atoms with Crippen LogP contribution in [0.2, 0.25) is 0 Å². The van der Waals surface area contributed by atoms with Crippen LogP contribution >= 0.6 is 11.8 Å². The lowest BCUT2D eigenvalue weighted by atomic mass is 10.2. The van der Waals surface area contributed by atoms with Crippen molar-refractivity contribution in [1.82, 2.24) is 19.7 Å². The Morgan fingerprint density at radius 3 is 2.91 bits per heavy atom. The molecule has 2 aromatic heterocycles. The fourth-order valence-corrected chi connectivity index (χ4v) is 2.96. The maximum Gasteiger partial charge on any atom is 0.191 e. The van der Waals surface area contributed by atoms with E-state index in [2.05, 4.69) is 15.2 Å². The summed E-state index contributed by atoms with van der Waals surface area (Å²) in [6.07, 6.45) is 1.74. The highest BCUT2D eigenvalue weighted by Gasteiger charge is 2.14. The van der Waals surface area contributed by atoms with Crippen LogP contribution in [0.15, 0.2) is 47.8 Å². The van der Waals surface area contributed by atoms with Gasteiger partial charge in [0.05, 0.1) is 18.6 Å². The number of nitrogens with one attached hydrogen (secondary N) is 1. The van der Waals surface area contributed by atoms with Gasteiger partial charge < -0.3 is 14.3 Å². The van der Waals surface area contributed by atoms with Crippen molar-refractivity contribution in [2.75, 3.05) is 12.9 Å². The molecule has 0 saturated carbocycles. The molecule has 23 heavy (non-hydrogen) atoms. The number of thioether (sulfide) groups is 1. The predicted octanol–water partition coefficient (Wildman–Crippen LogP) is 2.79. The van der Waals surface area contributed by atoms with Crippen molar-refractivity contribution in [3.8, 4) is 17.1 Å². The molecule has 1 aromatic carbocycles. The Morgan fingerprint density at radius 1 is 1.30 bits per heavy atom. The lowest BCUT2D eigenvalue weighted by molar-refractivity contribution is 0.101. The van der Waals surface area contributed by atoms with Gasteiger partial charge in [0.25, 0.3) is 0 Å². The van der Waals surface area contributed by atoms with E-state index in [-0.39, 0.29) is 5.78 Å². The van der Waals surface area contributed by atoms with E-state index in [1.54, 1.807) is 25.4 Å². The Bertz CT molecular complexity index is 811. The first-order valence-corrected chi connectivity index (χ1v) is 8.01. The first-order valence-electron chi connectivity index (χ1n) is 7.02. The number of aromatic amines is 1. The van der Waals surface area contributed by atoms with Crippen LogP contribution in [0.1, 0.15) is 10.5 Å². The number of aromatic nitrogens is 4. The fraction of sp³-hybridized carbons (Fsp3) is 0.188. The zero-order valence-electron chi connectivity index (χ0n) is 12.8. The Labute approximate surface area is 137 Å². The van der Waals surface area contributed by atoms with Gasteiger partial charge in [0.15, 0.2) is 16.8 Å². The van der Waals surface area contributed by atoms with E-state index in [9.17, 15) is 4.79 Å². The molecule has 0 aliphatic heterocycles. The number of methoxy groups -OCH3 is 1. The molecular formula is C16H16N4O2S. The summed E-state index contributed by atoms with van der Waals surface area (Å²) in [6.45, 7) is 0. The summed E-state index contributed by atoms with van der Waals surface area (Å²) in [6, 6.07) is 11.2. The normalized spacial score (nSPS) is 10.7. The molecule has 0 saturated heterocycles. The Balaban J connectivity index is 1.75. The van der Waals surface area contributed by atoms with Crippen LogP contribution in [0.5, 0.6) is 5.75 Å². The molecule has 3 aromatic rings. The van der Waals surface area contributed by atoms with E-state index < -0.39 is 0 Å². The standard InChI is InChI=1S/C16H16N4O2S/c1-20-15(11-5-3-6-12(9-11)22-2)18-19-16(20)23-10-14(21)13-7-4-8-17-13/h3-9,17H,10H2,1-2H3. The SMILES string of the molecule is COc1cccc(-c2nnc(SCC(=O)c3ccc[nH]3)n2C)c1. The lowest BCUT2D eigenvalue weighted by Gasteiger charge is -2.05. The maximum atomic E-state index is 12.0. The van der Waals surface area contributed by atoms with E-state index in [1.165, 1.54) is 11.8 Å².